The van der Waals surface area contributed by atoms with Gasteiger partial charge in [0.15, 0.2) is 12.6 Å². The van der Waals surface area contributed by atoms with Gasteiger partial charge in [-0.25, -0.2) is 4.58 Å². The average molecular weight is 659 g/mol. The number of nitrogens with zero attached hydrogens (tertiary/aromatic N) is 5. The van der Waals surface area contributed by atoms with Crippen LogP contribution in [0.15, 0.2) is 109 Å². The number of anilines is 2. The Hall–Kier alpha value is -4.71. The fourth-order valence-electron chi connectivity index (χ4n) is 9.15. The highest BCUT2D eigenvalue weighted by molar-refractivity contribution is 5.82. The van der Waals surface area contributed by atoms with Crippen molar-refractivity contribution in [2.45, 2.75) is 24.9 Å². The third-order valence-corrected chi connectivity index (χ3v) is 11.8. The molecule has 5 nitrogen and oxygen atoms in total. The molecule has 0 spiro atoms. The molecule has 2 atom stereocenters. The van der Waals surface area contributed by atoms with E-state index in [1.807, 2.05) is 0 Å². The Labute approximate surface area is 297 Å². The van der Waals surface area contributed by atoms with Crippen LogP contribution in [0, 0.1) is 0 Å². The summed E-state index contributed by atoms with van der Waals surface area (Å²) in [7, 11) is 8.76. The van der Waals surface area contributed by atoms with Crippen LogP contribution in [0.4, 0.5) is 11.4 Å². The van der Waals surface area contributed by atoms with E-state index in [0.717, 1.165) is 52.1 Å². The summed E-state index contributed by atoms with van der Waals surface area (Å²) in [5, 5.41) is 2.68. The van der Waals surface area contributed by atoms with Crippen LogP contribution in [0.2, 0.25) is 0 Å². The molecule has 0 saturated carbocycles. The van der Waals surface area contributed by atoms with Crippen molar-refractivity contribution in [1.29, 1.82) is 0 Å². The van der Waals surface area contributed by atoms with E-state index >= 15 is 0 Å². The van der Waals surface area contributed by atoms with E-state index in [1.165, 1.54) is 72.0 Å². The molecule has 0 amide bonds. The molecule has 0 aliphatic carbocycles. The molecule has 9 rings (SSSR count). The van der Waals surface area contributed by atoms with Gasteiger partial charge < -0.3 is 14.7 Å². The lowest BCUT2D eigenvalue weighted by molar-refractivity contribution is 0.212. The highest BCUT2D eigenvalue weighted by atomic mass is 15.3. The smallest absolute Gasteiger partial charge is 0.204 e. The maximum absolute atomic E-state index is 2.68. The van der Waals surface area contributed by atoms with Crippen molar-refractivity contribution in [3.63, 3.8) is 0 Å². The largest absolute Gasteiger partial charge is 0.378 e. The Bertz CT molecular complexity index is 2220. The second kappa shape index (κ2) is 12.6. The first-order valence-electron chi connectivity index (χ1n) is 18.4. The molecule has 2 unspecified atom stereocenters. The highest BCUT2D eigenvalue weighted by Gasteiger charge is 2.35. The van der Waals surface area contributed by atoms with Gasteiger partial charge in [0, 0.05) is 68.7 Å². The second-order valence-electron chi connectivity index (χ2n) is 15.2. The van der Waals surface area contributed by atoms with Crippen molar-refractivity contribution in [3.05, 3.63) is 164 Å². The molecule has 4 aliphatic heterocycles. The van der Waals surface area contributed by atoms with Crippen molar-refractivity contribution in [2.24, 2.45) is 0 Å². The van der Waals surface area contributed by atoms with Crippen LogP contribution >= 0.6 is 0 Å². The molecule has 2 fully saturated rings. The van der Waals surface area contributed by atoms with Crippen LogP contribution in [0.25, 0.3) is 5.57 Å². The molecule has 4 aliphatic rings. The summed E-state index contributed by atoms with van der Waals surface area (Å²) in [6.07, 6.45) is 1.91. The minimum atomic E-state index is 0.380. The van der Waals surface area contributed by atoms with Crippen LogP contribution in [-0.4, -0.2) is 77.3 Å². The lowest BCUT2D eigenvalue weighted by Crippen LogP contribution is -2.48. The Morgan fingerprint density at radius 1 is 0.640 bits per heavy atom. The van der Waals surface area contributed by atoms with E-state index < -0.39 is 0 Å². The number of fused-ring (bicyclic) bond motifs is 9. The zero-order valence-electron chi connectivity index (χ0n) is 29.9. The van der Waals surface area contributed by atoms with Gasteiger partial charge in [-0.1, -0.05) is 66.7 Å². The lowest BCUT2D eigenvalue weighted by Gasteiger charge is -2.42. The summed E-state index contributed by atoms with van der Waals surface area (Å²) < 4.78 is 2.68. The Balaban J connectivity index is 1.25. The molecule has 0 radical (unpaired) electrons. The van der Waals surface area contributed by atoms with Crippen LogP contribution in [0.3, 0.4) is 0 Å². The van der Waals surface area contributed by atoms with E-state index in [0.29, 0.717) is 12.1 Å². The zero-order chi connectivity index (χ0) is 33.9. The maximum Gasteiger partial charge on any atom is 0.204 e. The van der Waals surface area contributed by atoms with Crippen molar-refractivity contribution >= 4 is 16.9 Å². The average Bonchev–Trinajstić information content (AvgIpc) is 3.35. The van der Waals surface area contributed by atoms with Gasteiger partial charge in [0.2, 0.25) is 5.36 Å². The SMILES string of the molecule is CN1CCN2c3ccc(C(c4ccc(N(C)C)cc4)=c4ccc5c(c4)Cc4ccccc4C4CN(C)CC[N+]=54)cc3Cc3ccccc3C2C1. The number of benzene rings is 5. The molecule has 0 aromatic heterocycles. The second-order valence-corrected chi connectivity index (χ2v) is 15.2. The van der Waals surface area contributed by atoms with Crippen LogP contribution in [0.5, 0.6) is 0 Å². The van der Waals surface area contributed by atoms with Gasteiger partial charge in [-0.05, 0) is 101 Å². The van der Waals surface area contributed by atoms with Crippen molar-refractivity contribution in [1.82, 2.24) is 14.4 Å². The molecule has 50 heavy (non-hydrogen) atoms. The zero-order valence-corrected chi connectivity index (χ0v) is 29.9. The Morgan fingerprint density at radius 2 is 1.34 bits per heavy atom. The summed E-state index contributed by atoms with van der Waals surface area (Å²) in [5.74, 6) is 0. The van der Waals surface area contributed by atoms with Gasteiger partial charge in [0.25, 0.3) is 0 Å². The van der Waals surface area contributed by atoms with Crippen LogP contribution in [-0.2, 0) is 12.8 Å². The number of rotatable bonds is 3. The highest BCUT2D eigenvalue weighted by Crippen LogP contribution is 2.40. The van der Waals surface area contributed by atoms with Gasteiger partial charge in [-0.2, -0.15) is 0 Å². The Kier molecular flexibility index (Phi) is 7.86. The predicted octanol–water partition coefficient (Wildman–Crippen LogP) is 5.48. The standard InChI is InChI=1S/C45H48N5/c1-46(2)38-17-13-31(14-18-38)45(34-15-19-41-36(27-34)25-32-9-5-7-11-39(32)43-29-47(3)21-23-49(41)43)35-16-20-42-37(28-35)26-33-10-6-8-12-40(33)44-30-48(4)22-24-50(42)44/h5-20,27-28,43-44H,21-26,29-30H2,1-4H3/q+1. The van der Waals surface area contributed by atoms with E-state index in [4.69, 9.17) is 0 Å². The van der Waals surface area contributed by atoms with Gasteiger partial charge in [-0.15, -0.1) is 0 Å². The molecule has 2 saturated heterocycles. The molecular formula is C45H48N5+. The van der Waals surface area contributed by atoms with Gasteiger partial charge in [0.1, 0.15) is 0 Å². The molecular weight excluding hydrogens is 611 g/mol. The molecule has 4 heterocycles. The van der Waals surface area contributed by atoms with Gasteiger partial charge in [0.05, 0.1) is 19.1 Å². The third-order valence-electron chi connectivity index (χ3n) is 11.8. The minimum absolute atomic E-state index is 0.380. The lowest BCUT2D eigenvalue weighted by atomic mass is 9.90. The maximum atomic E-state index is 2.68. The predicted molar refractivity (Wildman–Crippen MR) is 207 cm³/mol. The fourth-order valence-corrected chi connectivity index (χ4v) is 9.15. The van der Waals surface area contributed by atoms with Gasteiger partial charge in [-0.3, -0.25) is 4.90 Å². The van der Waals surface area contributed by atoms with Crippen molar-refractivity contribution < 1.29 is 0 Å². The first-order chi connectivity index (χ1) is 24.4. The number of piperazine rings is 2. The third kappa shape index (κ3) is 5.44. The molecule has 5 heteroatoms. The van der Waals surface area contributed by atoms with E-state index in [-0.39, 0.29) is 0 Å². The normalized spacial score (nSPS) is 20.6. The van der Waals surface area contributed by atoms with Crippen molar-refractivity contribution in [2.75, 3.05) is 77.3 Å². The number of hydrogen-bond donors (Lipinski definition) is 0. The summed E-state index contributed by atoms with van der Waals surface area (Å²) in [6.45, 7) is 6.37. The minimum Gasteiger partial charge on any atom is -0.378 e. The molecule has 252 valence electrons. The summed E-state index contributed by atoms with van der Waals surface area (Å²) >= 11 is 0. The van der Waals surface area contributed by atoms with Crippen LogP contribution in [0.1, 0.15) is 56.6 Å². The quantitative estimate of drug-likeness (QED) is 0.239. The molecule has 0 bridgehead atoms. The monoisotopic (exact) mass is 658 g/mol. The van der Waals surface area contributed by atoms with E-state index in [1.54, 1.807) is 0 Å². The number of hydrogen-bond acceptors (Lipinski definition) is 4. The van der Waals surface area contributed by atoms with Crippen molar-refractivity contribution in [3.8, 4) is 0 Å². The topological polar surface area (TPSA) is 16.0 Å². The summed E-state index contributed by atoms with van der Waals surface area (Å²) in [5.41, 5.74) is 15.2. The molecule has 0 N–H and O–H groups in total. The van der Waals surface area contributed by atoms with Crippen LogP contribution < -0.4 is 25.0 Å². The first kappa shape index (κ1) is 31.3. The summed E-state index contributed by atoms with van der Waals surface area (Å²) in [4.78, 5) is 9.84. The van der Waals surface area contributed by atoms with Gasteiger partial charge >= 0.3 is 0 Å². The molecule has 5 aromatic carbocycles. The fraction of sp³-hybridized carbons (Fsp3) is 0.311. The van der Waals surface area contributed by atoms with E-state index in [9.17, 15) is 0 Å². The summed E-state index contributed by atoms with van der Waals surface area (Å²) in [6, 6.07) is 42.9. The number of likely N-dealkylation sites (N-methyl/N-ethyl adjacent to an activating group) is 2. The first-order valence-corrected chi connectivity index (χ1v) is 18.4. The van der Waals surface area contributed by atoms with E-state index in [2.05, 4.69) is 162 Å². The molecule has 5 aromatic rings. The Morgan fingerprint density at radius 3 is 2.14 bits per heavy atom.